The van der Waals surface area contributed by atoms with Crippen LogP contribution in [0.2, 0.25) is 0 Å². The third-order valence-electron chi connectivity index (χ3n) is 4.35. The first-order valence-corrected chi connectivity index (χ1v) is 9.49. The first-order valence-electron chi connectivity index (χ1n) is 8.67. The molecule has 0 aliphatic carbocycles. The van der Waals surface area contributed by atoms with Gasteiger partial charge in [0.15, 0.2) is 5.17 Å². The molecule has 1 aliphatic heterocycles. The fraction of sp³-hybridized carbons (Fsp3) is 0.300. The molecule has 2 aromatic rings. The Hall–Kier alpha value is -2.34. The summed E-state index contributed by atoms with van der Waals surface area (Å²) in [5, 5.41) is 0.745. The van der Waals surface area contributed by atoms with Crippen molar-refractivity contribution in [2.75, 3.05) is 13.1 Å². The molecule has 1 saturated heterocycles. The summed E-state index contributed by atoms with van der Waals surface area (Å²) < 4.78 is 16.1. The van der Waals surface area contributed by atoms with Gasteiger partial charge < -0.3 is 4.57 Å². The third kappa shape index (κ3) is 3.21. The summed E-state index contributed by atoms with van der Waals surface area (Å²) in [7, 11) is 0. The van der Waals surface area contributed by atoms with Crippen LogP contribution in [0.3, 0.4) is 0 Å². The second-order valence-corrected chi connectivity index (χ2v) is 7.04. The summed E-state index contributed by atoms with van der Waals surface area (Å²) in [6, 6.07) is 8.69. The average Bonchev–Trinajstić information content (AvgIpc) is 3.05. The summed E-state index contributed by atoms with van der Waals surface area (Å²) in [6.07, 6.45) is 1.88. The Morgan fingerprint density at radius 3 is 2.62 bits per heavy atom. The number of carbonyl (C=O) groups is 1. The molecule has 0 bridgehead atoms. The maximum atomic E-state index is 14.2. The Bertz CT molecular complexity index is 914. The number of thioether (sulfide) groups is 1. The molecule has 2 heterocycles. The summed E-state index contributed by atoms with van der Waals surface area (Å²) >= 11 is 1.40. The maximum Gasteiger partial charge on any atom is 0.266 e. The van der Waals surface area contributed by atoms with Crippen molar-refractivity contribution in [3.05, 3.63) is 58.0 Å². The van der Waals surface area contributed by atoms with Crippen molar-refractivity contribution in [3.63, 3.8) is 0 Å². The number of halogens is 1. The SMILES string of the molecule is CCN=C1S/C(=C/c2cc(C)n(-c3ccccc3F)c2C)C(=O)N1CC. The summed E-state index contributed by atoms with van der Waals surface area (Å²) in [5.41, 5.74) is 3.25. The zero-order chi connectivity index (χ0) is 18.8. The Morgan fingerprint density at radius 1 is 1.23 bits per heavy atom. The molecule has 26 heavy (non-hydrogen) atoms. The largest absolute Gasteiger partial charge is 0.315 e. The molecule has 1 fully saturated rings. The van der Waals surface area contributed by atoms with E-state index in [4.69, 9.17) is 0 Å². The number of hydrogen-bond acceptors (Lipinski definition) is 3. The van der Waals surface area contributed by atoms with Crippen molar-refractivity contribution in [3.8, 4) is 5.69 Å². The normalized spacial score (nSPS) is 17.7. The molecule has 0 spiro atoms. The monoisotopic (exact) mass is 371 g/mol. The van der Waals surface area contributed by atoms with Crippen LogP contribution >= 0.6 is 11.8 Å². The van der Waals surface area contributed by atoms with E-state index in [1.807, 2.05) is 50.5 Å². The number of hydrogen-bond donors (Lipinski definition) is 0. The van der Waals surface area contributed by atoms with Crippen LogP contribution in [-0.2, 0) is 4.79 Å². The molecule has 0 saturated carbocycles. The van der Waals surface area contributed by atoms with Crippen molar-refractivity contribution in [1.82, 2.24) is 9.47 Å². The van der Waals surface area contributed by atoms with Crippen molar-refractivity contribution < 1.29 is 9.18 Å². The van der Waals surface area contributed by atoms with Gasteiger partial charge in [-0.25, -0.2) is 4.39 Å². The molecule has 1 aliphatic rings. The second kappa shape index (κ2) is 7.50. The predicted octanol–water partition coefficient (Wildman–Crippen LogP) is 4.55. The van der Waals surface area contributed by atoms with Crippen LogP contribution in [-0.4, -0.2) is 33.6 Å². The van der Waals surface area contributed by atoms with Crippen LogP contribution in [0.5, 0.6) is 0 Å². The fourth-order valence-electron chi connectivity index (χ4n) is 3.12. The number of amides is 1. The minimum atomic E-state index is -0.269. The van der Waals surface area contributed by atoms with Gasteiger partial charge >= 0.3 is 0 Å². The number of aromatic nitrogens is 1. The highest BCUT2D eigenvalue weighted by molar-refractivity contribution is 8.18. The average molecular weight is 371 g/mol. The van der Waals surface area contributed by atoms with E-state index in [0.29, 0.717) is 23.7 Å². The van der Waals surface area contributed by atoms with Crippen molar-refractivity contribution in [1.29, 1.82) is 0 Å². The van der Waals surface area contributed by atoms with Crippen LogP contribution < -0.4 is 0 Å². The minimum absolute atomic E-state index is 0.0274. The van der Waals surface area contributed by atoms with Crippen LogP contribution in [0.4, 0.5) is 4.39 Å². The lowest BCUT2D eigenvalue weighted by Crippen LogP contribution is -2.28. The smallest absolute Gasteiger partial charge is 0.266 e. The summed E-state index contributed by atoms with van der Waals surface area (Å²) in [4.78, 5) is 19.4. The molecular weight excluding hydrogens is 349 g/mol. The predicted molar refractivity (Wildman–Crippen MR) is 106 cm³/mol. The summed E-state index contributed by atoms with van der Waals surface area (Å²) in [6.45, 7) is 9.01. The lowest BCUT2D eigenvalue weighted by Gasteiger charge is -2.11. The van der Waals surface area contributed by atoms with Crippen LogP contribution in [0.15, 0.2) is 40.2 Å². The van der Waals surface area contributed by atoms with Gasteiger partial charge in [-0.05, 0) is 69.3 Å². The van der Waals surface area contributed by atoms with Gasteiger partial charge in [-0.2, -0.15) is 0 Å². The number of para-hydroxylation sites is 1. The van der Waals surface area contributed by atoms with Crippen LogP contribution in [0.25, 0.3) is 11.8 Å². The molecule has 1 aromatic heterocycles. The Morgan fingerprint density at radius 2 is 1.96 bits per heavy atom. The van der Waals surface area contributed by atoms with E-state index in [9.17, 15) is 9.18 Å². The van der Waals surface area contributed by atoms with Gasteiger partial charge in [-0.1, -0.05) is 12.1 Å². The van der Waals surface area contributed by atoms with Gasteiger partial charge in [0.2, 0.25) is 0 Å². The van der Waals surface area contributed by atoms with Gasteiger partial charge in [-0.15, -0.1) is 0 Å². The van der Waals surface area contributed by atoms with E-state index in [1.165, 1.54) is 17.8 Å². The van der Waals surface area contributed by atoms with E-state index in [1.54, 1.807) is 17.0 Å². The number of aryl methyl sites for hydroxylation is 1. The first kappa shape index (κ1) is 18.5. The topological polar surface area (TPSA) is 37.6 Å². The van der Waals surface area contributed by atoms with Gasteiger partial charge in [0.1, 0.15) is 5.82 Å². The highest BCUT2D eigenvalue weighted by Crippen LogP contribution is 2.34. The first-order chi connectivity index (χ1) is 12.5. The zero-order valence-corrected chi connectivity index (χ0v) is 16.2. The molecule has 136 valence electrons. The number of rotatable bonds is 4. The Labute approximate surface area is 157 Å². The highest BCUT2D eigenvalue weighted by atomic mass is 32.2. The van der Waals surface area contributed by atoms with Crippen LogP contribution in [0.1, 0.15) is 30.8 Å². The number of benzene rings is 1. The third-order valence-corrected chi connectivity index (χ3v) is 5.39. The van der Waals surface area contributed by atoms with Gasteiger partial charge in [0.05, 0.1) is 10.6 Å². The van der Waals surface area contributed by atoms with Gasteiger partial charge in [0, 0.05) is 24.5 Å². The lowest BCUT2D eigenvalue weighted by molar-refractivity contribution is -0.122. The Balaban J connectivity index is 2.03. The number of aliphatic imine (C=N–C) groups is 1. The molecule has 0 radical (unpaired) electrons. The van der Waals surface area contributed by atoms with E-state index >= 15 is 0 Å². The van der Waals surface area contributed by atoms with Gasteiger partial charge in [-0.3, -0.25) is 14.7 Å². The second-order valence-electron chi connectivity index (χ2n) is 6.03. The van der Waals surface area contributed by atoms with Gasteiger partial charge in [0.25, 0.3) is 5.91 Å². The lowest BCUT2D eigenvalue weighted by atomic mass is 10.2. The van der Waals surface area contributed by atoms with E-state index in [-0.39, 0.29) is 11.7 Å². The Kier molecular flexibility index (Phi) is 5.32. The molecular formula is C20H22FN3OS. The van der Waals surface area contributed by atoms with E-state index < -0.39 is 0 Å². The van der Waals surface area contributed by atoms with E-state index in [0.717, 1.165) is 22.1 Å². The number of carbonyl (C=O) groups excluding carboxylic acids is 1. The molecule has 0 unspecified atom stereocenters. The van der Waals surface area contributed by atoms with Crippen molar-refractivity contribution in [2.45, 2.75) is 27.7 Å². The quantitative estimate of drug-likeness (QED) is 0.740. The summed E-state index contributed by atoms with van der Waals surface area (Å²) in [5.74, 6) is -0.297. The fourth-order valence-corrected chi connectivity index (χ4v) is 4.21. The molecule has 1 amide bonds. The zero-order valence-electron chi connectivity index (χ0n) is 15.4. The van der Waals surface area contributed by atoms with Crippen molar-refractivity contribution in [2.24, 2.45) is 4.99 Å². The number of likely N-dealkylation sites (N-methyl/N-ethyl adjacent to an activating group) is 1. The highest BCUT2D eigenvalue weighted by Gasteiger charge is 2.32. The molecule has 1 aromatic carbocycles. The number of amidine groups is 1. The number of nitrogens with zero attached hydrogens (tertiary/aromatic N) is 3. The molecule has 3 rings (SSSR count). The standard InChI is InChI=1S/C20H22FN3OS/c1-5-22-20-23(6-2)19(25)18(26-20)12-15-11-13(3)24(14(15)4)17-10-8-7-9-16(17)21/h7-12H,5-6H2,1-4H3/b18-12+,22-20?. The van der Waals surface area contributed by atoms with E-state index in [2.05, 4.69) is 4.99 Å². The minimum Gasteiger partial charge on any atom is -0.315 e. The molecule has 0 N–H and O–H groups in total. The molecule has 6 heteroatoms. The molecule has 4 nitrogen and oxygen atoms in total. The molecule has 0 atom stereocenters. The maximum absolute atomic E-state index is 14.2. The van der Waals surface area contributed by atoms with Crippen LogP contribution in [0, 0.1) is 19.7 Å². The van der Waals surface area contributed by atoms with Crippen molar-refractivity contribution >= 4 is 28.9 Å².